The van der Waals surface area contributed by atoms with Crippen molar-refractivity contribution in [2.75, 3.05) is 20.3 Å². The van der Waals surface area contributed by atoms with Gasteiger partial charge in [0.2, 0.25) is 0 Å². The molecule has 6 saturated carbocycles. The number of aliphatic hydroxyl groups is 2. The summed E-state index contributed by atoms with van der Waals surface area (Å²) in [7, 11) is 1.76. The highest BCUT2D eigenvalue weighted by atomic mass is 16.6. The minimum atomic E-state index is -1.16. The zero-order valence-corrected chi connectivity index (χ0v) is 36.4. The third-order valence-electron chi connectivity index (χ3n) is 20.4. The molecule has 6 nitrogen and oxygen atoms in total. The van der Waals surface area contributed by atoms with Crippen LogP contribution in [0.25, 0.3) is 0 Å². The van der Waals surface area contributed by atoms with Crippen LogP contribution in [0.15, 0.2) is 24.3 Å². The van der Waals surface area contributed by atoms with Gasteiger partial charge in [-0.1, -0.05) is 91.0 Å². The molecule has 1 aromatic carbocycles. The maximum Gasteiger partial charge on any atom is 0.309 e. The summed E-state index contributed by atoms with van der Waals surface area (Å²) in [6, 6.07) is 9.03. The van der Waals surface area contributed by atoms with Crippen LogP contribution in [-0.4, -0.2) is 53.5 Å². The monoisotopic (exact) mass is 775 g/mol. The number of unbranched alkanes of at least 4 members (excludes halogenated alkanes) is 3. The van der Waals surface area contributed by atoms with Gasteiger partial charge in [0.1, 0.15) is 0 Å². The van der Waals surface area contributed by atoms with Crippen LogP contribution in [0, 0.1) is 67.5 Å². The highest BCUT2D eigenvalue weighted by molar-refractivity contribution is 5.74. The molecular weight excluding hydrogens is 697 g/mol. The number of methoxy groups -OCH3 is 1. The number of carboxylic acids is 1. The largest absolute Gasteiger partial charge is 0.481 e. The van der Waals surface area contributed by atoms with Gasteiger partial charge in [-0.05, 0) is 153 Å². The molecule has 2 bridgehead atoms. The number of rotatable bonds is 14. The summed E-state index contributed by atoms with van der Waals surface area (Å²) in [5.41, 5.74) is 1.40. The minimum absolute atomic E-state index is 0.00343. The Balaban J connectivity index is 1.26. The third kappa shape index (κ3) is 5.35. The Morgan fingerprint density at radius 1 is 0.839 bits per heavy atom. The molecular formula is C50H78O6. The van der Waals surface area contributed by atoms with Crippen molar-refractivity contribution in [2.45, 2.75) is 182 Å². The maximum absolute atomic E-state index is 13.1. The Labute approximate surface area is 339 Å². The standard InChI is InChI=1S/C50H78O6/c1-8-10-11-12-22-47-30-36-18-19-37-31-50(54)39(13-9-2)48(41(56-50)29-35-16-14-34(15-17-35)21-28-55-7)23-20-38(46(36,6)49(37,48)33-51)45(47,5)27-26-43(3)24-25-44(4,42(52)53)32-40(43)47/h14-17,36-41,51,54H,8-13,18-33H2,1-7H3,(H,52,53)/t36-,37+,38+,39+,40+,41+,43+,44+,45+,46+,47-,48+,49-,50-/m0/s1. The molecule has 1 saturated heterocycles. The lowest BCUT2D eigenvalue weighted by molar-refractivity contribution is -0.360. The number of aliphatic carboxylic acids is 1. The molecule has 1 aromatic rings. The van der Waals surface area contributed by atoms with Crippen molar-refractivity contribution in [3.05, 3.63) is 35.4 Å². The van der Waals surface area contributed by atoms with Crippen LogP contribution < -0.4 is 0 Å². The van der Waals surface area contributed by atoms with Crippen molar-refractivity contribution >= 4 is 5.97 Å². The Bertz CT molecular complexity index is 1610. The number of hydrogen-bond acceptors (Lipinski definition) is 5. The number of hydrogen-bond donors (Lipinski definition) is 3. The summed E-state index contributed by atoms with van der Waals surface area (Å²) >= 11 is 0. The zero-order chi connectivity index (χ0) is 40.0. The van der Waals surface area contributed by atoms with Crippen molar-refractivity contribution in [3.8, 4) is 0 Å². The van der Waals surface area contributed by atoms with E-state index in [2.05, 4.69) is 65.8 Å². The van der Waals surface area contributed by atoms with Crippen LogP contribution >= 0.6 is 0 Å². The van der Waals surface area contributed by atoms with Gasteiger partial charge in [-0.25, -0.2) is 0 Å². The second kappa shape index (κ2) is 14.3. The van der Waals surface area contributed by atoms with Crippen LogP contribution in [0.3, 0.4) is 0 Å². The molecule has 6 heteroatoms. The number of carbonyl (C=O) groups is 1. The molecule has 56 heavy (non-hydrogen) atoms. The lowest BCUT2D eigenvalue weighted by atomic mass is 9.21. The minimum Gasteiger partial charge on any atom is -0.481 e. The first-order chi connectivity index (χ1) is 26.6. The van der Waals surface area contributed by atoms with Crippen LogP contribution in [0.4, 0.5) is 0 Å². The van der Waals surface area contributed by atoms with Crippen LogP contribution in [0.2, 0.25) is 0 Å². The van der Waals surface area contributed by atoms with E-state index >= 15 is 0 Å². The number of fused-ring (bicyclic) bond motifs is 5. The third-order valence-corrected chi connectivity index (χ3v) is 20.4. The van der Waals surface area contributed by atoms with Gasteiger partial charge in [-0.2, -0.15) is 0 Å². The van der Waals surface area contributed by atoms with Crippen molar-refractivity contribution in [3.63, 3.8) is 0 Å². The fourth-order valence-electron chi connectivity index (χ4n) is 17.8. The summed E-state index contributed by atoms with van der Waals surface area (Å²) in [6.45, 7) is 15.5. The summed E-state index contributed by atoms with van der Waals surface area (Å²) in [5.74, 6) is -0.232. The quantitative estimate of drug-likeness (QED) is 0.163. The van der Waals surface area contributed by atoms with Gasteiger partial charge < -0.3 is 24.8 Å². The fourth-order valence-corrected chi connectivity index (χ4v) is 17.8. The van der Waals surface area contributed by atoms with Crippen LogP contribution in [0.5, 0.6) is 0 Å². The molecule has 6 aliphatic carbocycles. The average molecular weight is 775 g/mol. The first-order valence-electron chi connectivity index (χ1n) is 23.4. The van der Waals surface area contributed by atoms with Crippen LogP contribution in [-0.2, 0) is 27.1 Å². The van der Waals surface area contributed by atoms with Crippen molar-refractivity contribution in [2.24, 2.45) is 67.5 Å². The Hall–Kier alpha value is -1.47. The molecule has 8 rings (SSSR count). The van der Waals surface area contributed by atoms with Crippen LogP contribution in [0.1, 0.15) is 168 Å². The van der Waals surface area contributed by atoms with Gasteiger partial charge in [0.05, 0.1) is 24.7 Å². The number of ether oxygens (including phenoxy) is 2. The van der Waals surface area contributed by atoms with Gasteiger partial charge in [0.25, 0.3) is 0 Å². The number of carboxylic acid groups (broad SMARTS) is 1. The fraction of sp³-hybridized carbons (Fsp3) is 0.860. The van der Waals surface area contributed by atoms with Gasteiger partial charge in [-0.3, -0.25) is 4.79 Å². The lowest BCUT2D eigenvalue weighted by Gasteiger charge is -2.82. The average Bonchev–Trinajstić information content (AvgIpc) is 3.33. The predicted molar refractivity (Wildman–Crippen MR) is 222 cm³/mol. The molecule has 14 atom stereocenters. The molecule has 1 aliphatic heterocycles. The first kappa shape index (κ1) is 41.3. The lowest BCUT2D eigenvalue weighted by Crippen LogP contribution is -2.79. The van der Waals surface area contributed by atoms with Crippen molar-refractivity contribution < 1.29 is 29.6 Å². The summed E-state index contributed by atoms with van der Waals surface area (Å²) in [6.07, 6.45) is 20.7. The number of aliphatic hydroxyl groups excluding tert-OH is 1. The summed E-state index contributed by atoms with van der Waals surface area (Å²) < 4.78 is 12.6. The molecule has 0 amide bonds. The van der Waals surface area contributed by atoms with E-state index in [4.69, 9.17) is 9.47 Å². The molecule has 0 aromatic heterocycles. The van der Waals surface area contributed by atoms with Gasteiger partial charge in [0.15, 0.2) is 5.79 Å². The molecule has 1 heterocycles. The van der Waals surface area contributed by atoms with Crippen molar-refractivity contribution in [1.29, 1.82) is 0 Å². The molecule has 1 spiro atoms. The van der Waals surface area contributed by atoms with Gasteiger partial charge in [-0.15, -0.1) is 0 Å². The Kier molecular flexibility index (Phi) is 10.6. The normalized spacial score (nSPS) is 48.8. The Morgan fingerprint density at radius 2 is 1.55 bits per heavy atom. The second-order valence-corrected chi connectivity index (χ2v) is 22.1. The predicted octanol–water partition coefficient (Wildman–Crippen LogP) is 10.8. The van der Waals surface area contributed by atoms with E-state index in [0.29, 0.717) is 30.8 Å². The molecule has 0 unspecified atom stereocenters. The van der Waals surface area contributed by atoms with Gasteiger partial charge >= 0.3 is 5.97 Å². The summed E-state index contributed by atoms with van der Waals surface area (Å²) in [5, 5.41) is 36.2. The highest BCUT2D eigenvalue weighted by Crippen LogP contribution is 2.88. The zero-order valence-electron chi connectivity index (χ0n) is 36.4. The Morgan fingerprint density at radius 3 is 2.23 bits per heavy atom. The van der Waals surface area contributed by atoms with Crippen molar-refractivity contribution in [1.82, 2.24) is 0 Å². The maximum atomic E-state index is 13.1. The van der Waals surface area contributed by atoms with E-state index in [9.17, 15) is 20.1 Å². The number of benzene rings is 1. The van der Waals surface area contributed by atoms with E-state index in [1.54, 1.807) is 7.11 Å². The van der Waals surface area contributed by atoms with E-state index < -0.39 is 17.2 Å². The molecule has 7 aliphatic rings. The smallest absolute Gasteiger partial charge is 0.309 e. The van der Waals surface area contributed by atoms with E-state index in [1.807, 2.05) is 0 Å². The van der Waals surface area contributed by atoms with Gasteiger partial charge in [0, 0.05) is 30.3 Å². The highest BCUT2D eigenvalue weighted by Gasteiger charge is 2.86. The summed E-state index contributed by atoms with van der Waals surface area (Å²) in [4.78, 5) is 13.1. The molecule has 3 N–H and O–H groups in total. The topological polar surface area (TPSA) is 96.2 Å². The van der Waals surface area contributed by atoms with E-state index in [1.165, 1.54) is 62.5 Å². The second-order valence-electron chi connectivity index (χ2n) is 22.1. The SMILES string of the molecule is CCCCCC[C@@]12C[C@@H]3CC[C@@H]4C[C@]5(O)O[C@H](Cc6ccc(CCOC)cc6)[C@@]6(CC[C@@H]([C@]3(C)[C@]46CO)[C@@]1(C)CC[C@@]1(C)CC[C@@](C)(C(=O)O)C[C@H]12)[C@H]5CCC. The molecule has 7 fully saturated rings. The van der Waals surface area contributed by atoms with E-state index in [0.717, 1.165) is 70.6 Å². The first-order valence-corrected chi connectivity index (χ1v) is 23.4. The molecule has 0 radical (unpaired) electrons. The molecule has 314 valence electrons. The van der Waals surface area contributed by atoms with E-state index in [-0.39, 0.29) is 57.0 Å².